The SMILES string of the molecule is CC1=C(c2nnc(-c3cccnc3)o2)N(C)C(c2ccc(C(=O)N(C)C)cc2)C=N1. The van der Waals surface area contributed by atoms with E-state index in [9.17, 15) is 4.79 Å². The van der Waals surface area contributed by atoms with Gasteiger partial charge in [0.05, 0.1) is 17.3 Å². The van der Waals surface area contributed by atoms with Gasteiger partial charge in [-0.1, -0.05) is 12.1 Å². The first-order valence-electron chi connectivity index (χ1n) is 9.49. The van der Waals surface area contributed by atoms with Crippen molar-refractivity contribution in [1.29, 1.82) is 0 Å². The number of carbonyl (C=O) groups excluding carboxylic acids is 1. The van der Waals surface area contributed by atoms with Crippen LogP contribution in [0.5, 0.6) is 0 Å². The molecule has 1 unspecified atom stereocenters. The molecule has 0 aliphatic carbocycles. The van der Waals surface area contributed by atoms with E-state index in [0.717, 1.165) is 22.5 Å². The molecule has 1 aliphatic rings. The van der Waals surface area contributed by atoms with Gasteiger partial charge in [-0.2, -0.15) is 0 Å². The third-order valence-electron chi connectivity index (χ3n) is 4.96. The summed E-state index contributed by atoms with van der Waals surface area (Å²) >= 11 is 0. The smallest absolute Gasteiger partial charge is 0.266 e. The Hall–Kier alpha value is -3.81. The lowest BCUT2D eigenvalue weighted by Crippen LogP contribution is -2.28. The van der Waals surface area contributed by atoms with Crippen molar-refractivity contribution < 1.29 is 9.21 Å². The number of pyridine rings is 1. The van der Waals surface area contributed by atoms with Crippen LogP contribution >= 0.6 is 0 Å². The fraction of sp³-hybridized carbons (Fsp3) is 0.227. The van der Waals surface area contributed by atoms with Crippen LogP contribution in [0.4, 0.5) is 0 Å². The minimum Gasteiger partial charge on any atom is -0.415 e. The van der Waals surface area contributed by atoms with Gasteiger partial charge in [0.15, 0.2) is 0 Å². The fourth-order valence-corrected chi connectivity index (χ4v) is 3.36. The van der Waals surface area contributed by atoms with Gasteiger partial charge in [-0.3, -0.25) is 14.8 Å². The van der Waals surface area contributed by atoms with Crippen molar-refractivity contribution in [2.24, 2.45) is 4.99 Å². The number of aromatic nitrogens is 3. The van der Waals surface area contributed by atoms with Crippen LogP contribution in [0.1, 0.15) is 34.8 Å². The number of nitrogens with zero attached hydrogens (tertiary/aromatic N) is 6. The lowest BCUT2D eigenvalue weighted by Gasteiger charge is -2.31. The maximum absolute atomic E-state index is 12.1. The van der Waals surface area contributed by atoms with Crippen molar-refractivity contribution in [3.63, 3.8) is 0 Å². The predicted molar refractivity (Wildman–Crippen MR) is 114 cm³/mol. The Morgan fingerprint density at radius 2 is 1.83 bits per heavy atom. The summed E-state index contributed by atoms with van der Waals surface area (Å²) in [5.74, 6) is 0.775. The number of hydrogen-bond donors (Lipinski definition) is 0. The van der Waals surface area contributed by atoms with E-state index in [1.165, 1.54) is 0 Å². The van der Waals surface area contributed by atoms with Gasteiger partial charge in [-0.15, -0.1) is 10.2 Å². The molecular formula is C22H22N6O2. The minimum atomic E-state index is -0.124. The topological polar surface area (TPSA) is 87.7 Å². The number of benzene rings is 1. The van der Waals surface area contributed by atoms with Gasteiger partial charge < -0.3 is 14.2 Å². The zero-order valence-electron chi connectivity index (χ0n) is 17.3. The third-order valence-corrected chi connectivity index (χ3v) is 4.96. The number of amides is 1. The van der Waals surface area contributed by atoms with Gasteiger partial charge in [-0.25, -0.2) is 0 Å². The van der Waals surface area contributed by atoms with E-state index < -0.39 is 0 Å². The van der Waals surface area contributed by atoms with Crippen molar-refractivity contribution in [3.8, 4) is 11.5 Å². The number of rotatable bonds is 4. The van der Waals surface area contributed by atoms with Crippen LogP contribution in [-0.4, -0.2) is 58.2 Å². The highest BCUT2D eigenvalue weighted by molar-refractivity contribution is 5.94. The fourth-order valence-electron chi connectivity index (χ4n) is 3.36. The van der Waals surface area contributed by atoms with E-state index in [1.807, 2.05) is 61.5 Å². The van der Waals surface area contributed by atoms with Crippen LogP contribution < -0.4 is 0 Å². The molecule has 0 spiro atoms. The summed E-state index contributed by atoms with van der Waals surface area (Å²) in [5, 5.41) is 8.40. The molecular weight excluding hydrogens is 380 g/mol. The highest BCUT2D eigenvalue weighted by Crippen LogP contribution is 2.34. The highest BCUT2D eigenvalue weighted by atomic mass is 16.4. The minimum absolute atomic E-state index is 0.0302. The summed E-state index contributed by atoms with van der Waals surface area (Å²) in [7, 11) is 5.44. The number of carbonyl (C=O) groups is 1. The average molecular weight is 402 g/mol. The number of hydrogen-bond acceptors (Lipinski definition) is 7. The van der Waals surface area contributed by atoms with Crippen LogP contribution in [0.15, 0.2) is 63.9 Å². The number of allylic oxidation sites excluding steroid dienone is 1. The van der Waals surface area contributed by atoms with Crippen molar-refractivity contribution in [3.05, 3.63) is 71.5 Å². The van der Waals surface area contributed by atoms with Crippen LogP contribution in [0.2, 0.25) is 0 Å². The Morgan fingerprint density at radius 3 is 2.50 bits per heavy atom. The van der Waals surface area contributed by atoms with E-state index in [4.69, 9.17) is 4.42 Å². The lowest BCUT2D eigenvalue weighted by molar-refractivity contribution is 0.0827. The van der Waals surface area contributed by atoms with Crippen molar-refractivity contribution >= 4 is 17.8 Å². The molecule has 8 nitrogen and oxygen atoms in total. The maximum atomic E-state index is 12.1. The van der Waals surface area contributed by atoms with Gasteiger partial charge in [-0.05, 0) is 36.8 Å². The molecule has 0 radical (unpaired) electrons. The normalized spacial score (nSPS) is 16.1. The summed E-state index contributed by atoms with van der Waals surface area (Å²) < 4.78 is 5.93. The first kappa shape index (κ1) is 19.5. The first-order chi connectivity index (χ1) is 14.5. The molecule has 1 atom stereocenters. The van der Waals surface area contributed by atoms with Gasteiger partial charge in [0.2, 0.25) is 5.89 Å². The van der Waals surface area contributed by atoms with E-state index in [-0.39, 0.29) is 11.9 Å². The molecule has 0 saturated carbocycles. The monoisotopic (exact) mass is 402 g/mol. The lowest BCUT2D eigenvalue weighted by atomic mass is 10.0. The molecule has 1 aromatic carbocycles. The summed E-state index contributed by atoms with van der Waals surface area (Å²) in [6, 6.07) is 11.1. The second-order valence-electron chi connectivity index (χ2n) is 7.24. The Bertz CT molecular complexity index is 1120. The average Bonchev–Trinajstić information content (AvgIpc) is 3.24. The first-order valence-corrected chi connectivity index (χ1v) is 9.49. The molecule has 3 aromatic rings. The van der Waals surface area contributed by atoms with Gasteiger partial charge >= 0.3 is 0 Å². The molecule has 0 fully saturated rings. The summed E-state index contributed by atoms with van der Waals surface area (Å²) in [6.07, 6.45) is 5.25. The quantitative estimate of drug-likeness (QED) is 0.666. The van der Waals surface area contributed by atoms with E-state index in [1.54, 1.807) is 31.4 Å². The summed E-state index contributed by atoms with van der Waals surface area (Å²) in [5.41, 5.74) is 3.96. The standard InChI is InChI=1S/C22H22N6O2/c1-14-19(21-26-25-20(30-21)17-6-5-11-23-12-17)28(4)18(13-24-14)15-7-9-16(10-8-15)22(29)27(2)3/h5-13,18H,1-4H3. The molecule has 30 heavy (non-hydrogen) atoms. The molecule has 1 aliphatic heterocycles. The summed E-state index contributed by atoms with van der Waals surface area (Å²) in [6.45, 7) is 1.91. The molecule has 3 heterocycles. The van der Waals surface area contributed by atoms with Crippen molar-refractivity contribution in [2.45, 2.75) is 13.0 Å². The largest absolute Gasteiger partial charge is 0.415 e. The maximum Gasteiger partial charge on any atom is 0.266 e. The molecule has 4 rings (SSSR count). The molecule has 8 heteroatoms. The Kier molecular flexibility index (Phi) is 5.14. The zero-order chi connectivity index (χ0) is 21.3. The van der Waals surface area contributed by atoms with E-state index >= 15 is 0 Å². The van der Waals surface area contributed by atoms with Gasteiger partial charge in [0.25, 0.3) is 11.8 Å². The number of aliphatic imine (C=N–C) groups is 1. The third kappa shape index (κ3) is 3.59. The molecule has 1 amide bonds. The second kappa shape index (κ2) is 7.90. The van der Waals surface area contributed by atoms with E-state index in [0.29, 0.717) is 17.3 Å². The zero-order valence-corrected chi connectivity index (χ0v) is 17.3. The predicted octanol–water partition coefficient (Wildman–Crippen LogP) is 3.28. The molecule has 2 aromatic heterocycles. The molecule has 0 bridgehead atoms. The van der Waals surface area contributed by atoms with Crippen LogP contribution in [-0.2, 0) is 0 Å². The second-order valence-corrected chi connectivity index (χ2v) is 7.24. The summed E-state index contributed by atoms with van der Waals surface area (Å²) in [4.78, 5) is 24.4. The Morgan fingerprint density at radius 1 is 1.10 bits per heavy atom. The molecule has 152 valence electrons. The van der Waals surface area contributed by atoms with Crippen molar-refractivity contribution in [1.82, 2.24) is 25.0 Å². The van der Waals surface area contributed by atoms with Gasteiger partial charge in [0.1, 0.15) is 5.70 Å². The van der Waals surface area contributed by atoms with Crippen molar-refractivity contribution in [2.75, 3.05) is 21.1 Å². The molecule has 0 saturated heterocycles. The van der Waals surface area contributed by atoms with Crippen LogP contribution in [0.3, 0.4) is 0 Å². The van der Waals surface area contributed by atoms with Crippen LogP contribution in [0, 0.1) is 0 Å². The molecule has 0 N–H and O–H groups in total. The highest BCUT2D eigenvalue weighted by Gasteiger charge is 2.28. The van der Waals surface area contributed by atoms with E-state index in [2.05, 4.69) is 20.2 Å². The Balaban J connectivity index is 1.62. The van der Waals surface area contributed by atoms with Crippen LogP contribution in [0.25, 0.3) is 17.2 Å². The van der Waals surface area contributed by atoms with Gasteiger partial charge in [0, 0.05) is 45.3 Å². The Labute approximate surface area is 174 Å².